The van der Waals surface area contributed by atoms with Gasteiger partial charge in [-0.1, -0.05) is 83.9 Å². The lowest BCUT2D eigenvalue weighted by Gasteiger charge is -2.28. The zero-order chi connectivity index (χ0) is 23.9. The number of halogens is 2. The molecule has 33 heavy (non-hydrogen) atoms. The average molecular weight is 518 g/mol. The van der Waals surface area contributed by atoms with E-state index in [2.05, 4.69) is 91.0 Å². The van der Waals surface area contributed by atoms with E-state index in [1.807, 2.05) is 18.2 Å². The van der Waals surface area contributed by atoms with Gasteiger partial charge in [-0.05, 0) is 48.5 Å². The molecular formula is C26H24Cl2O3PS+. The molecule has 7 heteroatoms. The molecule has 0 aromatic heterocycles. The van der Waals surface area contributed by atoms with Crippen LogP contribution in [0.25, 0.3) is 0 Å². The molecule has 0 radical (unpaired) electrons. The van der Waals surface area contributed by atoms with Crippen molar-refractivity contribution in [3.63, 3.8) is 0 Å². The van der Waals surface area contributed by atoms with Crippen LogP contribution in [0.3, 0.4) is 0 Å². The summed E-state index contributed by atoms with van der Waals surface area (Å²) in [5, 5.41) is 5.41. The molecule has 0 fully saturated rings. The van der Waals surface area contributed by atoms with Gasteiger partial charge in [-0.15, -0.1) is 0 Å². The summed E-state index contributed by atoms with van der Waals surface area (Å²) < 4.78 is 25.9. The van der Waals surface area contributed by atoms with Gasteiger partial charge in [-0.25, -0.2) is 0 Å². The Morgan fingerprint density at radius 2 is 0.939 bits per heavy atom. The minimum atomic E-state index is -3.67. The van der Waals surface area contributed by atoms with Gasteiger partial charge in [0.25, 0.3) is 10.1 Å². The lowest BCUT2D eigenvalue weighted by Crippen LogP contribution is -2.32. The van der Waals surface area contributed by atoms with Crippen LogP contribution < -0.4 is 15.9 Å². The molecule has 4 aromatic rings. The second kappa shape index (κ2) is 11.3. The molecule has 0 atom stereocenters. The predicted molar refractivity (Wildman–Crippen MR) is 143 cm³/mol. The van der Waals surface area contributed by atoms with Crippen molar-refractivity contribution in [1.82, 2.24) is 0 Å². The smallest absolute Gasteiger partial charge is 0.261 e. The van der Waals surface area contributed by atoms with Crippen LogP contribution in [-0.4, -0.2) is 19.2 Å². The third-order valence-electron chi connectivity index (χ3n) is 5.05. The molecular weight excluding hydrogens is 494 g/mol. The van der Waals surface area contributed by atoms with Crippen molar-refractivity contribution in [3.05, 3.63) is 125 Å². The van der Waals surface area contributed by atoms with Gasteiger partial charge in [-0.2, -0.15) is 8.42 Å². The first-order valence-corrected chi connectivity index (χ1v) is 14.7. The van der Waals surface area contributed by atoms with Crippen molar-refractivity contribution >= 4 is 56.5 Å². The van der Waals surface area contributed by atoms with E-state index in [-0.39, 0.29) is 0 Å². The van der Waals surface area contributed by atoms with Crippen LogP contribution in [0.2, 0.25) is 10.0 Å². The van der Waals surface area contributed by atoms with E-state index in [9.17, 15) is 8.42 Å². The fourth-order valence-electron chi connectivity index (χ4n) is 3.69. The molecule has 170 valence electrons. The Bertz CT molecular complexity index is 1160. The highest BCUT2D eigenvalue weighted by Crippen LogP contribution is 2.59. The third-order valence-corrected chi connectivity index (χ3v) is 10.1. The molecule has 0 amide bonds. The largest absolute Gasteiger partial charge is 0.286 e. The van der Waals surface area contributed by atoms with Gasteiger partial charge in [-0.3, -0.25) is 4.55 Å². The minimum absolute atomic E-state index is 0.715. The standard InChI is InChI=1S/C25H20Cl2P.CH4O3S/c26-24-17-10-18-25(27)23(24)19-28(20-11-4-1-5-12-20,21-13-6-2-7-14-21)22-15-8-3-9-16-22;1-5(2,3)4/h1-18H,19H2;1H3,(H,2,3,4)/q+1;. The first-order chi connectivity index (χ1) is 15.7. The Morgan fingerprint density at radius 3 is 1.24 bits per heavy atom. The number of benzene rings is 4. The molecule has 4 rings (SSSR count). The number of rotatable bonds is 5. The van der Waals surface area contributed by atoms with Gasteiger partial charge in [0.2, 0.25) is 0 Å². The number of hydrogen-bond donors (Lipinski definition) is 1. The molecule has 3 nitrogen and oxygen atoms in total. The van der Waals surface area contributed by atoms with Crippen molar-refractivity contribution in [2.45, 2.75) is 6.16 Å². The third kappa shape index (κ3) is 6.66. The quantitative estimate of drug-likeness (QED) is 0.261. The van der Waals surface area contributed by atoms with Crippen LogP contribution in [-0.2, 0) is 16.3 Å². The van der Waals surface area contributed by atoms with Crippen LogP contribution >= 0.6 is 30.5 Å². The van der Waals surface area contributed by atoms with Gasteiger partial charge >= 0.3 is 0 Å². The van der Waals surface area contributed by atoms with Crippen LogP contribution in [0.5, 0.6) is 0 Å². The van der Waals surface area contributed by atoms with Crippen molar-refractivity contribution < 1.29 is 13.0 Å². The van der Waals surface area contributed by atoms with Crippen LogP contribution in [0.4, 0.5) is 0 Å². The van der Waals surface area contributed by atoms with E-state index in [1.54, 1.807) is 0 Å². The fraction of sp³-hybridized carbons (Fsp3) is 0.0769. The monoisotopic (exact) mass is 517 g/mol. The van der Waals surface area contributed by atoms with Crippen LogP contribution in [0.1, 0.15) is 5.56 Å². The highest BCUT2D eigenvalue weighted by atomic mass is 35.5. The highest BCUT2D eigenvalue weighted by molar-refractivity contribution is 7.95. The van der Waals surface area contributed by atoms with Gasteiger partial charge in [0.15, 0.2) is 0 Å². The second-order valence-corrected chi connectivity index (χ2v) is 13.2. The van der Waals surface area contributed by atoms with Crippen LogP contribution in [0, 0.1) is 0 Å². The first kappa shape index (κ1) is 25.4. The summed E-state index contributed by atoms with van der Waals surface area (Å²) in [5.41, 5.74) is 1.01. The summed E-state index contributed by atoms with van der Waals surface area (Å²) in [6.07, 6.45) is 1.50. The molecule has 0 heterocycles. The molecule has 0 saturated carbocycles. The molecule has 0 aliphatic carbocycles. The maximum absolute atomic E-state index is 9.19. The Hall–Kier alpha value is -2.20. The van der Waals surface area contributed by atoms with E-state index >= 15 is 0 Å². The summed E-state index contributed by atoms with van der Waals surface area (Å²) in [4.78, 5) is 0. The zero-order valence-corrected chi connectivity index (χ0v) is 21.2. The maximum atomic E-state index is 9.19. The molecule has 0 bridgehead atoms. The molecule has 0 unspecified atom stereocenters. The SMILES string of the molecule is CS(=O)(=O)O.Clc1cccc(Cl)c1C[P+](c1ccccc1)(c1ccccc1)c1ccccc1. The van der Waals surface area contributed by atoms with Crippen molar-refractivity contribution in [2.75, 3.05) is 6.26 Å². The summed E-state index contributed by atoms with van der Waals surface area (Å²) in [6.45, 7) is 0. The normalized spacial score (nSPS) is 11.4. The Morgan fingerprint density at radius 1 is 0.636 bits per heavy atom. The molecule has 4 aromatic carbocycles. The van der Waals surface area contributed by atoms with E-state index in [0.717, 1.165) is 21.8 Å². The van der Waals surface area contributed by atoms with E-state index in [4.69, 9.17) is 27.8 Å². The lowest BCUT2D eigenvalue weighted by atomic mass is 10.2. The maximum Gasteiger partial charge on any atom is 0.261 e. The first-order valence-electron chi connectivity index (χ1n) is 10.1. The fourth-order valence-corrected chi connectivity index (χ4v) is 8.71. The number of hydrogen-bond acceptors (Lipinski definition) is 2. The average Bonchev–Trinajstić information content (AvgIpc) is 2.80. The zero-order valence-electron chi connectivity index (χ0n) is 18.0. The lowest BCUT2D eigenvalue weighted by molar-refractivity contribution is 0.490. The van der Waals surface area contributed by atoms with Gasteiger partial charge < -0.3 is 0 Å². The molecule has 0 spiro atoms. The van der Waals surface area contributed by atoms with Crippen molar-refractivity contribution in [2.24, 2.45) is 0 Å². The molecule has 1 N–H and O–H groups in total. The van der Waals surface area contributed by atoms with E-state index in [0.29, 0.717) is 6.26 Å². The summed E-state index contributed by atoms with van der Waals surface area (Å²) in [5.74, 6) is 0. The van der Waals surface area contributed by atoms with Crippen molar-refractivity contribution in [1.29, 1.82) is 0 Å². The van der Waals surface area contributed by atoms with E-state index < -0.39 is 17.4 Å². The summed E-state index contributed by atoms with van der Waals surface area (Å²) in [7, 11) is -5.66. The molecule has 0 saturated heterocycles. The minimum Gasteiger partial charge on any atom is -0.286 e. The summed E-state index contributed by atoms with van der Waals surface area (Å²) >= 11 is 13.3. The Kier molecular flexibility index (Phi) is 8.69. The predicted octanol–water partition coefficient (Wildman–Crippen LogP) is 5.99. The van der Waals surface area contributed by atoms with E-state index in [1.165, 1.54) is 15.9 Å². The summed E-state index contributed by atoms with van der Waals surface area (Å²) in [6, 6.07) is 38.1. The van der Waals surface area contributed by atoms with Crippen molar-refractivity contribution in [3.8, 4) is 0 Å². The Balaban J connectivity index is 0.000000555. The van der Waals surface area contributed by atoms with Gasteiger partial charge in [0.1, 0.15) is 29.3 Å². The van der Waals surface area contributed by atoms with Crippen LogP contribution in [0.15, 0.2) is 109 Å². The molecule has 0 aliphatic rings. The highest BCUT2D eigenvalue weighted by Gasteiger charge is 2.46. The van der Waals surface area contributed by atoms with Gasteiger partial charge in [0.05, 0.1) is 6.26 Å². The second-order valence-electron chi connectivity index (χ2n) is 7.41. The topological polar surface area (TPSA) is 54.4 Å². The molecule has 0 aliphatic heterocycles. The Labute approximate surface area is 206 Å². The van der Waals surface area contributed by atoms with Gasteiger partial charge in [0, 0.05) is 15.6 Å².